The molecule has 6 nitrogen and oxygen atoms in total. The number of benzene rings is 1. The van der Waals surface area contributed by atoms with Gasteiger partial charge in [0.1, 0.15) is 12.4 Å². The lowest BCUT2D eigenvalue weighted by molar-refractivity contribution is 0.174. The molecule has 0 aliphatic rings. The summed E-state index contributed by atoms with van der Waals surface area (Å²) in [6.07, 6.45) is 0. The van der Waals surface area contributed by atoms with Crippen molar-refractivity contribution in [2.75, 3.05) is 20.7 Å². The molecule has 0 bridgehead atoms. The molecule has 0 aliphatic heterocycles. The molecule has 0 atom stereocenters. The third kappa shape index (κ3) is 4.02. The molecule has 2 rings (SSSR count). The molecular weight excluding hydrogens is 287 g/mol. The van der Waals surface area contributed by atoms with Gasteiger partial charge in [-0.15, -0.1) is 0 Å². The monoisotopic (exact) mass is 308 g/mol. The predicted octanol–water partition coefficient (Wildman–Crippen LogP) is 0.999. The second-order valence-electron chi connectivity index (χ2n) is 5.28. The van der Waals surface area contributed by atoms with Gasteiger partial charge in [-0.25, -0.2) is 13.9 Å². The summed E-state index contributed by atoms with van der Waals surface area (Å²) in [5, 5.41) is 4.26. The van der Waals surface area contributed by atoms with Crippen molar-refractivity contribution in [3.8, 4) is 0 Å². The van der Waals surface area contributed by atoms with Crippen LogP contribution in [0.4, 0.5) is 4.39 Å². The van der Waals surface area contributed by atoms with Crippen molar-refractivity contribution >= 4 is 0 Å². The third-order valence-electron chi connectivity index (χ3n) is 3.46. The van der Waals surface area contributed by atoms with E-state index in [-0.39, 0.29) is 11.5 Å². The zero-order chi connectivity index (χ0) is 16.1. The molecule has 0 spiro atoms. The minimum Gasteiger partial charge on any atom is -0.377 e. The van der Waals surface area contributed by atoms with E-state index in [4.69, 9.17) is 4.74 Å². The highest BCUT2D eigenvalue weighted by atomic mass is 19.1. The summed E-state index contributed by atoms with van der Waals surface area (Å²) < 4.78 is 20.8. The van der Waals surface area contributed by atoms with Gasteiger partial charge in [0.2, 0.25) is 0 Å². The first kappa shape index (κ1) is 16.4. The SMILES string of the molecule is COCc1nn(CCN(C)Cc2ccc(F)cc2)c(=O)n1C. The number of methoxy groups -OCH3 is 1. The second-order valence-corrected chi connectivity index (χ2v) is 5.28. The van der Waals surface area contributed by atoms with E-state index in [1.54, 1.807) is 26.3 Å². The molecule has 7 heteroatoms. The summed E-state index contributed by atoms with van der Waals surface area (Å²) in [6.45, 7) is 2.16. The van der Waals surface area contributed by atoms with E-state index in [0.29, 0.717) is 32.1 Å². The summed E-state index contributed by atoms with van der Waals surface area (Å²) in [5.41, 5.74) is 0.875. The van der Waals surface area contributed by atoms with E-state index in [2.05, 4.69) is 10.00 Å². The van der Waals surface area contributed by atoms with Crippen LogP contribution in [0, 0.1) is 5.82 Å². The van der Waals surface area contributed by atoms with Crippen LogP contribution < -0.4 is 5.69 Å². The smallest absolute Gasteiger partial charge is 0.345 e. The quantitative estimate of drug-likeness (QED) is 0.766. The Labute approximate surface area is 128 Å². The van der Waals surface area contributed by atoms with Gasteiger partial charge in [0.15, 0.2) is 5.82 Å². The molecule has 1 heterocycles. The fourth-order valence-corrected chi connectivity index (χ4v) is 2.18. The predicted molar refractivity (Wildman–Crippen MR) is 80.9 cm³/mol. The molecule has 0 unspecified atom stereocenters. The maximum absolute atomic E-state index is 12.9. The van der Waals surface area contributed by atoms with Gasteiger partial charge in [-0.05, 0) is 24.7 Å². The average Bonchev–Trinajstić information content (AvgIpc) is 2.76. The molecule has 0 fully saturated rings. The number of ether oxygens (including phenoxy) is 1. The Bertz CT molecular complexity index is 663. The zero-order valence-corrected chi connectivity index (χ0v) is 13.1. The van der Waals surface area contributed by atoms with E-state index in [0.717, 1.165) is 5.56 Å². The highest BCUT2D eigenvalue weighted by Gasteiger charge is 2.10. The molecule has 0 amide bonds. The highest BCUT2D eigenvalue weighted by Crippen LogP contribution is 2.05. The van der Waals surface area contributed by atoms with Crippen LogP contribution in [0.3, 0.4) is 0 Å². The minimum absolute atomic E-state index is 0.151. The largest absolute Gasteiger partial charge is 0.377 e. The number of halogens is 1. The van der Waals surface area contributed by atoms with Gasteiger partial charge in [-0.3, -0.25) is 4.57 Å². The van der Waals surface area contributed by atoms with Crippen LogP contribution in [0.2, 0.25) is 0 Å². The first-order valence-corrected chi connectivity index (χ1v) is 7.06. The Hall–Kier alpha value is -1.99. The molecule has 0 radical (unpaired) electrons. The van der Waals surface area contributed by atoms with Crippen molar-refractivity contribution in [1.82, 2.24) is 19.2 Å². The van der Waals surface area contributed by atoms with Crippen LogP contribution in [-0.2, 0) is 31.5 Å². The van der Waals surface area contributed by atoms with Gasteiger partial charge < -0.3 is 9.64 Å². The lowest BCUT2D eigenvalue weighted by Crippen LogP contribution is -2.29. The lowest BCUT2D eigenvalue weighted by atomic mass is 10.2. The van der Waals surface area contributed by atoms with Crippen molar-refractivity contribution in [2.45, 2.75) is 19.7 Å². The molecule has 0 aliphatic carbocycles. The standard InChI is InChI=1S/C15H21FN4O2/c1-18(10-12-4-6-13(16)7-5-12)8-9-20-15(21)19(2)14(17-20)11-22-3/h4-7H,8-11H2,1-3H3. The van der Waals surface area contributed by atoms with Crippen LogP contribution in [0.15, 0.2) is 29.1 Å². The fraction of sp³-hybridized carbons (Fsp3) is 0.467. The van der Waals surface area contributed by atoms with Gasteiger partial charge in [-0.1, -0.05) is 12.1 Å². The summed E-state index contributed by atoms with van der Waals surface area (Å²) in [4.78, 5) is 14.1. The van der Waals surface area contributed by atoms with E-state index >= 15 is 0 Å². The van der Waals surface area contributed by atoms with Crippen LogP contribution in [0.25, 0.3) is 0 Å². The summed E-state index contributed by atoms with van der Waals surface area (Å²) >= 11 is 0. The third-order valence-corrected chi connectivity index (χ3v) is 3.46. The highest BCUT2D eigenvalue weighted by molar-refractivity contribution is 5.15. The summed E-state index contributed by atoms with van der Waals surface area (Å²) in [6, 6.07) is 6.41. The molecule has 1 aromatic heterocycles. The number of hydrogen-bond donors (Lipinski definition) is 0. The average molecular weight is 308 g/mol. The minimum atomic E-state index is -0.239. The summed E-state index contributed by atoms with van der Waals surface area (Å²) in [7, 11) is 5.20. The Morgan fingerprint density at radius 3 is 2.64 bits per heavy atom. The molecule has 1 aromatic carbocycles. The Kier molecular flexibility index (Phi) is 5.46. The van der Waals surface area contributed by atoms with Gasteiger partial charge in [0, 0.05) is 27.2 Å². The second kappa shape index (κ2) is 7.33. The first-order chi connectivity index (χ1) is 10.5. The molecule has 2 aromatic rings. The van der Waals surface area contributed by atoms with E-state index in [1.807, 2.05) is 7.05 Å². The normalized spacial score (nSPS) is 11.3. The number of aromatic nitrogens is 3. The maximum atomic E-state index is 12.9. The summed E-state index contributed by atoms with van der Waals surface area (Å²) in [5.74, 6) is 0.366. The van der Waals surface area contributed by atoms with Gasteiger partial charge in [0.25, 0.3) is 0 Å². The van der Waals surface area contributed by atoms with E-state index in [9.17, 15) is 9.18 Å². The Morgan fingerprint density at radius 2 is 2.00 bits per heavy atom. The van der Waals surface area contributed by atoms with E-state index < -0.39 is 0 Å². The Morgan fingerprint density at radius 1 is 1.32 bits per heavy atom. The lowest BCUT2D eigenvalue weighted by Gasteiger charge is -2.16. The first-order valence-electron chi connectivity index (χ1n) is 7.06. The molecule has 22 heavy (non-hydrogen) atoms. The topological polar surface area (TPSA) is 52.3 Å². The van der Waals surface area contributed by atoms with Crippen molar-refractivity contribution in [3.05, 3.63) is 52.0 Å². The fourth-order valence-electron chi connectivity index (χ4n) is 2.18. The van der Waals surface area contributed by atoms with Crippen molar-refractivity contribution in [2.24, 2.45) is 7.05 Å². The van der Waals surface area contributed by atoms with Crippen LogP contribution in [-0.4, -0.2) is 39.9 Å². The number of rotatable bonds is 7. The molecule has 0 saturated heterocycles. The maximum Gasteiger partial charge on any atom is 0.345 e. The van der Waals surface area contributed by atoms with Gasteiger partial charge in [0.05, 0.1) is 6.54 Å². The molecule has 120 valence electrons. The number of likely N-dealkylation sites (N-methyl/N-ethyl adjacent to an activating group) is 1. The van der Waals surface area contributed by atoms with Crippen molar-refractivity contribution in [1.29, 1.82) is 0 Å². The zero-order valence-electron chi connectivity index (χ0n) is 13.1. The van der Waals surface area contributed by atoms with Crippen molar-refractivity contribution < 1.29 is 9.13 Å². The van der Waals surface area contributed by atoms with Crippen molar-refractivity contribution in [3.63, 3.8) is 0 Å². The molecular formula is C15H21FN4O2. The number of hydrogen-bond acceptors (Lipinski definition) is 4. The van der Waals surface area contributed by atoms with Crippen LogP contribution in [0.5, 0.6) is 0 Å². The Balaban J connectivity index is 1.93. The van der Waals surface area contributed by atoms with Gasteiger partial charge in [-0.2, -0.15) is 5.10 Å². The number of nitrogens with zero attached hydrogens (tertiary/aromatic N) is 4. The van der Waals surface area contributed by atoms with Crippen LogP contribution >= 0.6 is 0 Å². The molecule has 0 saturated carbocycles. The van der Waals surface area contributed by atoms with Gasteiger partial charge >= 0.3 is 5.69 Å². The molecule has 0 N–H and O–H groups in total. The van der Waals surface area contributed by atoms with Crippen LogP contribution in [0.1, 0.15) is 11.4 Å². The van der Waals surface area contributed by atoms with E-state index in [1.165, 1.54) is 21.4 Å².